The largest absolute Gasteiger partial charge is 0.471 e. The maximum absolute atomic E-state index is 11.9. The SMILES string of the molecule is COCc1ccc(C(=O)OCCOCCNC(=O)C(F)(F)F)cc1. The monoisotopic (exact) mass is 349 g/mol. The molecule has 0 radical (unpaired) electrons. The molecule has 0 aliphatic carbocycles. The molecule has 0 saturated heterocycles. The minimum Gasteiger partial charge on any atom is -0.460 e. The van der Waals surface area contributed by atoms with Crippen LogP contribution in [0, 0.1) is 0 Å². The highest BCUT2D eigenvalue weighted by Crippen LogP contribution is 2.13. The van der Waals surface area contributed by atoms with Gasteiger partial charge in [-0.3, -0.25) is 4.79 Å². The molecule has 134 valence electrons. The lowest BCUT2D eigenvalue weighted by Crippen LogP contribution is -2.38. The van der Waals surface area contributed by atoms with Crippen LogP contribution in [0.25, 0.3) is 0 Å². The first-order valence-electron chi connectivity index (χ1n) is 7.02. The van der Waals surface area contributed by atoms with E-state index in [1.165, 1.54) is 0 Å². The Morgan fingerprint density at radius 3 is 2.33 bits per heavy atom. The fraction of sp³-hybridized carbons (Fsp3) is 0.467. The van der Waals surface area contributed by atoms with E-state index >= 15 is 0 Å². The molecule has 0 atom stereocenters. The standard InChI is InChI=1S/C15H18F3NO5/c1-22-10-11-2-4-12(5-3-11)13(20)24-9-8-23-7-6-19-14(21)15(16,17)18/h2-5H,6-10H2,1H3,(H,19,21). The van der Waals surface area contributed by atoms with Crippen LogP contribution < -0.4 is 5.32 Å². The van der Waals surface area contributed by atoms with Crippen molar-refractivity contribution < 1.29 is 37.0 Å². The molecule has 0 aliphatic rings. The van der Waals surface area contributed by atoms with Crippen molar-refractivity contribution in [2.45, 2.75) is 12.8 Å². The number of esters is 1. The molecule has 0 spiro atoms. The normalized spacial score (nSPS) is 11.2. The van der Waals surface area contributed by atoms with Gasteiger partial charge in [0.15, 0.2) is 0 Å². The summed E-state index contributed by atoms with van der Waals surface area (Å²) in [6.45, 7) is -0.00631. The van der Waals surface area contributed by atoms with Crippen LogP contribution in [0.2, 0.25) is 0 Å². The second kappa shape index (κ2) is 9.89. The maximum Gasteiger partial charge on any atom is 0.471 e. The van der Waals surface area contributed by atoms with Crippen molar-refractivity contribution in [3.8, 4) is 0 Å². The third-order valence-electron chi connectivity index (χ3n) is 2.75. The van der Waals surface area contributed by atoms with Crippen LogP contribution in [-0.2, 0) is 25.6 Å². The van der Waals surface area contributed by atoms with Crippen molar-refractivity contribution in [1.29, 1.82) is 0 Å². The number of ether oxygens (including phenoxy) is 3. The molecule has 1 aromatic carbocycles. The van der Waals surface area contributed by atoms with E-state index in [0.717, 1.165) is 5.56 Å². The number of halogens is 3. The van der Waals surface area contributed by atoms with E-state index < -0.39 is 18.1 Å². The van der Waals surface area contributed by atoms with Gasteiger partial charge in [0.2, 0.25) is 0 Å². The average Bonchev–Trinajstić information content (AvgIpc) is 2.53. The number of benzene rings is 1. The predicted molar refractivity (Wildman–Crippen MR) is 77.3 cm³/mol. The molecule has 0 bridgehead atoms. The quantitative estimate of drug-likeness (QED) is 0.542. The summed E-state index contributed by atoms with van der Waals surface area (Å²) in [5.74, 6) is -2.55. The number of carbonyl (C=O) groups excluding carboxylic acids is 2. The molecule has 0 aliphatic heterocycles. The predicted octanol–water partition coefficient (Wildman–Crippen LogP) is 1.68. The molecule has 6 nitrogen and oxygen atoms in total. The van der Waals surface area contributed by atoms with Gasteiger partial charge < -0.3 is 19.5 Å². The molecule has 1 amide bonds. The summed E-state index contributed by atoms with van der Waals surface area (Å²) >= 11 is 0. The first-order valence-corrected chi connectivity index (χ1v) is 7.02. The number of hydrogen-bond acceptors (Lipinski definition) is 5. The van der Waals surface area contributed by atoms with Gasteiger partial charge in [-0.2, -0.15) is 13.2 Å². The van der Waals surface area contributed by atoms with Gasteiger partial charge in [0, 0.05) is 13.7 Å². The van der Waals surface area contributed by atoms with Gasteiger partial charge >= 0.3 is 18.1 Å². The Hall–Kier alpha value is -2.13. The smallest absolute Gasteiger partial charge is 0.460 e. The Labute approximate surface area is 136 Å². The van der Waals surface area contributed by atoms with E-state index in [2.05, 4.69) is 0 Å². The summed E-state index contributed by atoms with van der Waals surface area (Å²) in [4.78, 5) is 22.2. The van der Waals surface area contributed by atoms with E-state index in [9.17, 15) is 22.8 Å². The molecular formula is C15H18F3NO5. The summed E-state index contributed by atoms with van der Waals surface area (Å²) in [6.07, 6.45) is -4.91. The van der Waals surface area contributed by atoms with Crippen LogP contribution in [0.1, 0.15) is 15.9 Å². The average molecular weight is 349 g/mol. The first kappa shape index (κ1) is 19.9. The molecule has 0 unspecified atom stereocenters. The second-order valence-electron chi connectivity index (χ2n) is 4.63. The van der Waals surface area contributed by atoms with E-state index in [0.29, 0.717) is 12.2 Å². The third-order valence-corrected chi connectivity index (χ3v) is 2.75. The number of hydrogen-bond donors (Lipinski definition) is 1. The molecular weight excluding hydrogens is 331 g/mol. The summed E-state index contributed by atoms with van der Waals surface area (Å²) in [6, 6.07) is 6.67. The minimum absolute atomic E-state index is 0.00931. The zero-order valence-electron chi connectivity index (χ0n) is 13.0. The summed E-state index contributed by atoms with van der Waals surface area (Å²) in [7, 11) is 1.57. The zero-order valence-corrected chi connectivity index (χ0v) is 13.0. The van der Waals surface area contributed by atoms with Crippen molar-refractivity contribution in [2.24, 2.45) is 0 Å². The third kappa shape index (κ3) is 7.42. The molecule has 0 saturated carbocycles. The van der Waals surface area contributed by atoms with Crippen molar-refractivity contribution >= 4 is 11.9 Å². The summed E-state index contributed by atoms with van der Waals surface area (Å²) in [5.41, 5.74) is 1.28. The fourth-order valence-corrected chi connectivity index (χ4v) is 1.62. The second-order valence-corrected chi connectivity index (χ2v) is 4.63. The molecule has 1 aromatic rings. The number of rotatable bonds is 9. The Morgan fingerprint density at radius 1 is 1.08 bits per heavy atom. The first-order chi connectivity index (χ1) is 11.3. The molecule has 1 N–H and O–H groups in total. The van der Waals surface area contributed by atoms with Crippen LogP contribution in [0.4, 0.5) is 13.2 Å². The van der Waals surface area contributed by atoms with Crippen LogP contribution in [0.3, 0.4) is 0 Å². The lowest BCUT2D eigenvalue weighted by atomic mass is 10.1. The van der Waals surface area contributed by atoms with Crippen molar-refractivity contribution in [3.05, 3.63) is 35.4 Å². The number of amides is 1. The number of nitrogens with one attached hydrogen (secondary N) is 1. The van der Waals surface area contributed by atoms with Crippen molar-refractivity contribution in [2.75, 3.05) is 33.5 Å². The lowest BCUT2D eigenvalue weighted by Gasteiger charge is -2.09. The Balaban J connectivity index is 2.14. The highest BCUT2D eigenvalue weighted by atomic mass is 19.4. The Bertz CT molecular complexity index is 531. The molecule has 1 rings (SSSR count). The number of carbonyl (C=O) groups is 2. The van der Waals surface area contributed by atoms with Crippen LogP contribution in [0.15, 0.2) is 24.3 Å². The van der Waals surface area contributed by atoms with Crippen molar-refractivity contribution in [3.63, 3.8) is 0 Å². The Kier molecular flexibility index (Phi) is 8.20. The minimum atomic E-state index is -4.91. The van der Waals surface area contributed by atoms with Gasteiger partial charge in [-0.15, -0.1) is 0 Å². The van der Waals surface area contributed by atoms with E-state index in [1.54, 1.807) is 36.7 Å². The van der Waals surface area contributed by atoms with E-state index in [1.807, 2.05) is 0 Å². The molecule has 24 heavy (non-hydrogen) atoms. The highest BCUT2D eigenvalue weighted by molar-refractivity contribution is 5.89. The molecule has 0 aromatic heterocycles. The molecule has 0 fully saturated rings. The maximum atomic E-state index is 11.9. The van der Waals surface area contributed by atoms with Crippen LogP contribution in [-0.4, -0.2) is 51.5 Å². The van der Waals surface area contributed by atoms with Crippen molar-refractivity contribution in [1.82, 2.24) is 5.32 Å². The van der Waals surface area contributed by atoms with Gasteiger partial charge in [0.05, 0.1) is 25.4 Å². The van der Waals surface area contributed by atoms with Crippen LogP contribution in [0.5, 0.6) is 0 Å². The number of alkyl halides is 3. The molecule has 9 heteroatoms. The van der Waals surface area contributed by atoms with E-state index in [-0.39, 0.29) is 26.4 Å². The van der Waals surface area contributed by atoms with Gasteiger partial charge in [-0.05, 0) is 17.7 Å². The van der Waals surface area contributed by atoms with Gasteiger partial charge in [0.1, 0.15) is 6.61 Å². The van der Waals surface area contributed by atoms with Gasteiger partial charge in [-0.1, -0.05) is 12.1 Å². The summed E-state index contributed by atoms with van der Waals surface area (Å²) in [5, 5.41) is 1.66. The van der Waals surface area contributed by atoms with E-state index in [4.69, 9.17) is 14.2 Å². The van der Waals surface area contributed by atoms with Crippen LogP contribution >= 0.6 is 0 Å². The summed E-state index contributed by atoms with van der Waals surface area (Å²) < 4.78 is 50.5. The Morgan fingerprint density at radius 2 is 1.75 bits per heavy atom. The fourth-order valence-electron chi connectivity index (χ4n) is 1.62. The molecule has 0 heterocycles. The highest BCUT2D eigenvalue weighted by Gasteiger charge is 2.38. The topological polar surface area (TPSA) is 73.9 Å². The lowest BCUT2D eigenvalue weighted by molar-refractivity contribution is -0.173. The zero-order chi connectivity index (χ0) is 18.0. The number of methoxy groups -OCH3 is 1. The van der Waals surface area contributed by atoms with Gasteiger partial charge in [0.25, 0.3) is 0 Å². The van der Waals surface area contributed by atoms with Gasteiger partial charge in [-0.25, -0.2) is 4.79 Å².